The van der Waals surface area contributed by atoms with Gasteiger partial charge < -0.3 is 14.5 Å². The fraction of sp³-hybridized carbons (Fsp3) is 0.889. The molecule has 9 heteroatoms. The molecule has 1 aromatic heterocycles. The van der Waals surface area contributed by atoms with E-state index in [1.807, 2.05) is 0 Å². The lowest BCUT2D eigenvalue weighted by Crippen LogP contribution is -2.08. The molecule has 0 aromatic carbocycles. The number of nitrogens with zero attached hydrogens (tertiary/aromatic N) is 6. The lowest BCUT2D eigenvalue weighted by atomic mass is 10.0. The van der Waals surface area contributed by atoms with E-state index in [-0.39, 0.29) is 18.0 Å². The molecule has 3 saturated carbocycles. The second-order valence-corrected chi connectivity index (χ2v) is 19.8. The smallest absolute Gasteiger partial charge is 0.315 e. The maximum atomic E-state index is 6.09. The summed E-state index contributed by atoms with van der Waals surface area (Å²) in [4.78, 5) is 32.1. The number of hydrogen-bond donors (Lipinski definition) is 0. The molecule has 1 aromatic rings. The van der Waals surface area contributed by atoms with Gasteiger partial charge in [0.1, 0.15) is 0 Å². The predicted octanol–water partition coefficient (Wildman–Crippen LogP) is 17.8. The second kappa shape index (κ2) is 38.7. The van der Waals surface area contributed by atoms with E-state index in [4.69, 9.17) is 30.0 Å². The summed E-state index contributed by atoms with van der Waals surface area (Å²) in [6.45, 7) is 0. The maximum Gasteiger partial charge on any atom is 0.355 e. The fourth-order valence-corrected chi connectivity index (χ4v) is 9.75. The van der Waals surface area contributed by atoms with Crippen LogP contribution in [-0.4, -0.2) is 32.1 Å². The van der Waals surface area contributed by atoms with Gasteiger partial charge in [-0.25, -0.2) is 0 Å². The van der Waals surface area contributed by atoms with Crippen LogP contribution in [-0.2, 0) is 0 Å². The van der Waals surface area contributed by atoms with E-state index >= 15 is 0 Å². The van der Waals surface area contributed by atoms with Crippen LogP contribution in [0, 0.1) is 0 Å². The molecule has 9 nitrogen and oxygen atoms in total. The minimum absolute atomic E-state index is 0.0779. The van der Waals surface area contributed by atoms with Gasteiger partial charge in [0, 0.05) is 0 Å². The Hall–Kier alpha value is -2.58. The molecule has 1 heterocycles. The topological polar surface area (TPSA) is 103 Å². The first-order valence-corrected chi connectivity index (χ1v) is 27.8. The van der Waals surface area contributed by atoms with Gasteiger partial charge in [-0.05, 0) is 77.0 Å². The van der Waals surface area contributed by atoms with Crippen molar-refractivity contribution in [3.8, 4) is 18.0 Å². The SMILES string of the molecule is C1CCCCCCCCC(=NOc2nc(ON=C3CCCCCCCCCCCCCCCC3)nc(ON=C3CCCCCCCCCCCCCCCC3)n2)CCCCCCC1. The summed E-state index contributed by atoms with van der Waals surface area (Å²) in [6, 6.07) is 0.234. The summed E-state index contributed by atoms with van der Waals surface area (Å²) < 4.78 is 0. The second-order valence-electron chi connectivity index (χ2n) is 19.8. The Bertz CT molecular complexity index is 1110. The summed E-state index contributed by atoms with van der Waals surface area (Å²) in [6.07, 6.45) is 60.8. The van der Waals surface area contributed by atoms with Gasteiger partial charge in [-0.1, -0.05) is 247 Å². The standard InChI is InChI=1S/C54H96N6O3/c1-2-8-14-20-26-32-38-44-49(43-37-31-25-19-13-7-1)58-61-52-55-53(62-59-50-45-39-33-27-21-15-9-3-4-10-16-22-28-34-40-46-50)57-54(56-52)63-60-51-47-41-35-29-23-17-11-5-6-12-18-24-30-36-42-48-51/h1-48H2. The van der Waals surface area contributed by atoms with Crippen molar-refractivity contribution in [3.05, 3.63) is 0 Å². The molecule has 3 aliphatic carbocycles. The van der Waals surface area contributed by atoms with Gasteiger partial charge in [-0.3, -0.25) is 0 Å². The quantitative estimate of drug-likeness (QED) is 0.264. The lowest BCUT2D eigenvalue weighted by molar-refractivity contribution is 0.247. The number of aromatic nitrogens is 3. The van der Waals surface area contributed by atoms with Gasteiger partial charge >= 0.3 is 18.0 Å². The van der Waals surface area contributed by atoms with Crippen LogP contribution in [0.1, 0.15) is 308 Å². The first-order chi connectivity index (χ1) is 31.3. The molecule has 0 aliphatic heterocycles. The summed E-state index contributed by atoms with van der Waals surface area (Å²) in [5, 5.41) is 14.2. The Morgan fingerprint density at radius 2 is 0.317 bits per heavy atom. The van der Waals surface area contributed by atoms with Crippen LogP contribution < -0.4 is 14.5 Å². The third-order valence-corrected chi connectivity index (χ3v) is 13.9. The van der Waals surface area contributed by atoms with Crippen molar-refractivity contribution in [1.82, 2.24) is 15.0 Å². The van der Waals surface area contributed by atoms with E-state index in [2.05, 4.69) is 15.0 Å². The van der Waals surface area contributed by atoms with E-state index in [0.29, 0.717) is 0 Å². The number of rotatable bonds is 6. The van der Waals surface area contributed by atoms with Crippen molar-refractivity contribution >= 4 is 17.1 Å². The van der Waals surface area contributed by atoms with Gasteiger partial charge in [-0.2, -0.15) is 0 Å². The highest BCUT2D eigenvalue weighted by molar-refractivity contribution is 5.84. The zero-order valence-corrected chi connectivity index (χ0v) is 40.8. The minimum Gasteiger partial charge on any atom is -0.315 e. The fourth-order valence-electron chi connectivity index (χ4n) is 9.75. The van der Waals surface area contributed by atoms with Crippen LogP contribution in [0.2, 0.25) is 0 Å². The zero-order valence-electron chi connectivity index (χ0n) is 40.8. The van der Waals surface area contributed by atoms with Gasteiger partial charge in [0.15, 0.2) is 0 Å². The van der Waals surface area contributed by atoms with Gasteiger partial charge in [-0.15, -0.1) is 15.0 Å². The Labute approximate surface area is 387 Å². The molecule has 4 rings (SSSR count). The molecule has 0 radical (unpaired) electrons. The molecule has 63 heavy (non-hydrogen) atoms. The first-order valence-electron chi connectivity index (χ1n) is 27.8. The number of hydrogen-bond acceptors (Lipinski definition) is 9. The van der Waals surface area contributed by atoms with Crippen molar-refractivity contribution in [2.24, 2.45) is 15.5 Å². The molecular weight excluding hydrogens is 781 g/mol. The average Bonchev–Trinajstić information content (AvgIpc) is 3.30. The van der Waals surface area contributed by atoms with Gasteiger partial charge in [0.05, 0.1) is 17.1 Å². The highest BCUT2D eigenvalue weighted by Gasteiger charge is 2.14. The van der Waals surface area contributed by atoms with Crippen LogP contribution in [0.15, 0.2) is 15.5 Å². The molecule has 3 fully saturated rings. The molecule has 0 unspecified atom stereocenters. The van der Waals surface area contributed by atoms with E-state index in [9.17, 15) is 0 Å². The summed E-state index contributed by atoms with van der Waals surface area (Å²) in [5.74, 6) is 0. The maximum absolute atomic E-state index is 6.09. The van der Waals surface area contributed by atoms with Gasteiger partial charge in [0.25, 0.3) is 0 Å². The summed E-state index contributed by atoms with van der Waals surface area (Å²) >= 11 is 0. The largest absolute Gasteiger partial charge is 0.355 e. The van der Waals surface area contributed by atoms with E-state index in [1.54, 1.807) is 0 Å². The van der Waals surface area contributed by atoms with Crippen molar-refractivity contribution in [2.45, 2.75) is 308 Å². The molecule has 3 aliphatic rings. The van der Waals surface area contributed by atoms with Crippen LogP contribution in [0.4, 0.5) is 0 Å². The minimum atomic E-state index is 0.0779. The lowest BCUT2D eigenvalue weighted by Gasteiger charge is -2.09. The Morgan fingerprint density at radius 1 is 0.190 bits per heavy atom. The van der Waals surface area contributed by atoms with Crippen LogP contribution >= 0.6 is 0 Å². The molecule has 0 bridgehead atoms. The Kier molecular flexibility index (Phi) is 32.6. The molecule has 360 valence electrons. The normalized spacial score (nSPS) is 22.0. The van der Waals surface area contributed by atoms with Crippen LogP contribution in [0.3, 0.4) is 0 Å². The van der Waals surface area contributed by atoms with E-state index < -0.39 is 0 Å². The molecule has 0 spiro atoms. The molecule has 0 saturated heterocycles. The molecular formula is C54H96N6O3. The number of oxime groups is 3. The summed E-state index contributed by atoms with van der Waals surface area (Å²) in [5.41, 5.74) is 3.27. The molecule has 0 amide bonds. The highest BCUT2D eigenvalue weighted by atomic mass is 16.7. The Balaban J connectivity index is 1.49. The predicted molar refractivity (Wildman–Crippen MR) is 266 cm³/mol. The van der Waals surface area contributed by atoms with Gasteiger partial charge in [0.2, 0.25) is 0 Å². The van der Waals surface area contributed by atoms with E-state index in [1.165, 1.54) is 231 Å². The van der Waals surface area contributed by atoms with Crippen molar-refractivity contribution in [2.75, 3.05) is 0 Å². The molecule has 0 atom stereocenters. The first kappa shape index (κ1) is 53.0. The third-order valence-electron chi connectivity index (χ3n) is 13.9. The average molecular weight is 877 g/mol. The van der Waals surface area contributed by atoms with Crippen molar-refractivity contribution in [3.63, 3.8) is 0 Å². The zero-order chi connectivity index (χ0) is 43.8. The molecule has 0 N–H and O–H groups in total. The summed E-state index contributed by atoms with van der Waals surface area (Å²) in [7, 11) is 0. The van der Waals surface area contributed by atoms with Crippen molar-refractivity contribution in [1.29, 1.82) is 0 Å². The van der Waals surface area contributed by atoms with Crippen LogP contribution in [0.5, 0.6) is 18.0 Å². The van der Waals surface area contributed by atoms with Crippen LogP contribution in [0.25, 0.3) is 0 Å². The highest BCUT2D eigenvalue weighted by Crippen LogP contribution is 2.22. The monoisotopic (exact) mass is 877 g/mol. The third kappa shape index (κ3) is 29.6. The van der Waals surface area contributed by atoms with Crippen molar-refractivity contribution < 1.29 is 14.5 Å². The Morgan fingerprint density at radius 3 is 0.460 bits per heavy atom. The van der Waals surface area contributed by atoms with E-state index in [0.717, 1.165) is 94.2 Å².